The van der Waals surface area contributed by atoms with E-state index in [2.05, 4.69) is 15.3 Å². The number of nitrogens with two attached hydrogens (primary N) is 1. The SMILES string of the molecule is NC1=N[C@@]2(c3cc(NC(=O)c4ccc(F)cn4)ccc3F)COC[C@H]2C[C@]1(F)CF. The lowest BCUT2D eigenvalue weighted by Gasteiger charge is -2.40. The Labute approximate surface area is 169 Å². The highest BCUT2D eigenvalue weighted by Crippen LogP contribution is 2.48. The first-order chi connectivity index (χ1) is 14.3. The number of pyridine rings is 1. The van der Waals surface area contributed by atoms with Gasteiger partial charge in [-0.25, -0.2) is 22.5 Å². The van der Waals surface area contributed by atoms with Crippen LogP contribution in [-0.2, 0) is 10.3 Å². The predicted molar refractivity (Wildman–Crippen MR) is 101 cm³/mol. The molecule has 2 aromatic rings. The average Bonchev–Trinajstić information content (AvgIpc) is 3.13. The van der Waals surface area contributed by atoms with E-state index in [0.717, 1.165) is 18.3 Å². The van der Waals surface area contributed by atoms with Crippen molar-refractivity contribution in [2.75, 3.05) is 25.2 Å². The van der Waals surface area contributed by atoms with Gasteiger partial charge in [-0.1, -0.05) is 0 Å². The molecular formula is C20H18F4N4O2. The van der Waals surface area contributed by atoms with Crippen molar-refractivity contribution >= 4 is 17.4 Å². The number of anilines is 1. The van der Waals surface area contributed by atoms with Crippen molar-refractivity contribution in [3.05, 3.63) is 59.4 Å². The van der Waals surface area contributed by atoms with Crippen LogP contribution >= 0.6 is 0 Å². The van der Waals surface area contributed by atoms with Gasteiger partial charge >= 0.3 is 0 Å². The summed E-state index contributed by atoms with van der Waals surface area (Å²) < 4.78 is 61.2. The van der Waals surface area contributed by atoms with Gasteiger partial charge in [-0.3, -0.25) is 9.79 Å². The second-order valence-electron chi connectivity index (χ2n) is 7.45. The summed E-state index contributed by atoms with van der Waals surface area (Å²) in [6.07, 6.45) is 0.604. The monoisotopic (exact) mass is 422 g/mol. The van der Waals surface area contributed by atoms with Gasteiger partial charge in [0, 0.05) is 17.2 Å². The van der Waals surface area contributed by atoms with Crippen LogP contribution in [0, 0.1) is 17.6 Å². The van der Waals surface area contributed by atoms with Crippen molar-refractivity contribution in [2.24, 2.45) is 16.6 Å². The molecule has 30 heavy (non-hydrogen) atoms. The van der Waals surface area contributed by atoms with Gasteiger partial charge in [-0.15, -0.1) is 0 Å². The smallest absolute Gasteiger partial charge is 0.274 e. The van der Waals surface area contributed by atoms with Crippen molar-refractivity contribution in [2.45, 2.75) is 17.6 Å². The lowest BCUT2D eigenvalue weighted by atomic mass is 9.73. The number of fused-ring (bicyclic) bond motifs is 1. The van der Waals surface area contributed by atoms with Crippen LogP contribution in [0.2, 0.25) is 0 Å². The number of nitrogens with one attached hydrogen (secondary N) is 1. The fourth-order valence-electron chi connectivity index (χ4n) is 3.90. The molecule has 1 saturated heterocycles. The Hall–Kier alpha value is -3.01. The molecule has 3 heterocycles. The topological polar surface area (TPSA) is 89.6 Å². The number of aromatic nitrogens is 1. The zero-order valence-electron chi connectivity index (χ0n) is 15.7. The fraction of sp³-hybridized carbons (Fsp3) is 0.350. The van der Waals surface area contributed by atoms with Crippen LogP contribution in [-0.4, -0.2) is 42.3 Å². The number of amidine groups is 1. The van der Waals surface area contributed by atoms with Crippen LogP contribution < -0.4 is 11.1 Å². The summed E-state index contributed by atoms with van der Waals surface area (Å²) in [7, 11) is 0. The van der Waals surface area contributed by atoms with Crippen molar-refractivity contribution < 1.29 is 27.1 Å². The molecule has 2 aliphatic rings. The number of halogens is 4. The van der Waals surface area contributed by atoms with Crippen molar-refractivity contribution in [3.8, 4) is 0 Å². The molecular weight excluding hydrogens is 404 g/mol. The number of carbonyl (C=O) groups excluding carboxylic acids is 1. The van der Waals surface area contributed by atoms with E-state index in [1.54, 1.807) is 0 Å². The molecule has 0 saturated carbocycles. The van der Waals surface area contributed by atoms with Gasteiger partial charge < -0.3 is 15.8 Å². The van der Waals surface area contributed by atoms with Gasteiger partial charge in [0.15, 0.2) is 5.67 Å². The van der Waals surface area contributed by atoms with Crippen molar-refractivity contribution in [3.63, 3.8) is 0 Å². The van der Waals surface area contributed by atoms with E-state index < -0.39 is 47.2 Å². The van der Waals surface area contributed by atoms with E-state index in [4.69, 9.17) is 10.5 Å². The van der Waals surface area contributed by atoms with E-state index in [-0.39, 0.29) is 36.6 Å². The molecule has 4 rings (SSSR count). The zero-order valence-corrected chi connectivity index (χ0v) is 15.7. The summed E-state index contributed by atoms with van der Waals surface area (Å²) >= 11 is 0. The van der Waals surface area contributed by atoms with E-state index in [0.29, 0.717) is 0 Å². The molecule has 1 amide bonds. The second kappa shape index (κ2) is 7.35. The van der Waals surface area contributed by atoms with Crippen molar-refractivity contribution in [1.29, 1.82) is 0 Å². The molecule has 1 fully saturated rings. The van der Waals surface area contributed by atoms with E-state index in [1.165, 1.54) is 18.2 Å². The van der Waals surface area contributed by atoms with E-state index >= 15 is 0 Å². The number of carbonyl (C=O) groups is 1. The number of rotatable bonds is 4. The standard InChI is InChI=1S/C20H18F4N4O2/c21-9-19(24)6-11-8-30-10-20(11,28-18(19)25)14-5-13(2-3-15(14)23)27-17(29)16-4-1-12(22)7-26-16/h1-5,7,11H,6,8-10H2,(H2,25,28)(H,27,29)/t11-,19+,20+/m1/s1. The molecule has 0 spiro atoms. The lowest BCUT2D eigenvalue weighted by Crippen LogP contribution is -2.53. The highest BCUT2D eigenvalue weighted by Gasteiger charge is 2.56. The van der Waals surface area contributed by atoms with Crippen LogP contribution in [0.5, 0.6) is 0 Å². The first-order valence-electron chi connectivity index (χ1n) is 9.19. The fourth-order valence-corrected chi connectivity index (χ4v) is 3.90. The van der Waals surface area contributed by atoms with Crippen LogP contribution in [0.15, 0.2) is 41.5 Å². The summed E-state index contributed by atoms with van der Waals surface area (Å²) in [4.78, 5) is 20.2. The molecule has 10 heteroatoms. The maximum absolute atomic E-state index is 14.8. The van der Waals surface area contributed by atoms with Gasteiger partial charge in [-0.2, -0.15) is 0 Å². The van der Waals surface area contributed by atoms with Gasteiger partial charge in [0.1, 0.15) is 35.4 Å². The molecule has 1 aromatic carbocycles. The third kappa shape index (κ3) is 3.30. The van der Waals surface area contributed by atoms with Crippen LogP contribution in [0.4, 0.5) is 23.2 Å². The van der Waals surface area contributed by atoms with Crippen LogP contribution in [0.1, 0.15) is 22.5 Å². The van der Waals surface area contributed by atoms with E-state index in [9.17, 15) is 22.4 Å². The highest BCUT2D eigenvalue weighted by atomic mass is 19.2. The van der Waals surface area contributed by atoms with Crippen LogP contribution in [0.3, 0.4) is 0 Å². The van der Waals surface area contributed by atoms with Gasteiger partial charge in [0.2, 0.25) is 0 Å². The van der Waals surface area contributed by atoms with Gasteiger partial charge in [0.25, 0.3) is 5.91 Å². The van der Waals surface area contributed by atoms with E-state index in [1.807, 2.05) is 0 Å². The minimum atomic E-state index is -2.42. The molecule has 2 aliphatic heterocycles. The third-order valence-electron chi connectivity index (χ3n) is 5.53. The maximum Gasteiger partial charge on any atom is 0.274 e. The molecule has 158 valence electrons. The quantitative estimate of drug-likeness (QED) is 0.742. The Morgan fingerprint density at radius 2 is 2.10 bits per heavy atom. The molecule has 3 N–H and O–H groups in total. The zero-order chi connectivity index (χ0) is 21.5. The predicted octanol–water partition coefficient (Wildman–Crippen LogP) is 2.89. The number of nitrogens with zero attached hydrogens (tertiary/aromatic N) is 2. The number of hydrogen-bond donors (Lipinski definition) is 2. The summed E-state index contributed by atoms with van der Waals surface area (Å²) in [5, 5.41) is 2.55. The Morgan fingerprint density at radius 3 is 2.80 bits per heavy atom. The first kappa shape index (κ1) is 20.3. The molecule has 0 bridgehead atoms. The Morgan fingerprint density at radius 1 is 1.30 bits per heavy atom. The minimum Gasteiger partial charge on any atom is -0.385 e. The second-order valence-corrected chi connectivity index (χ2v) is 7.45. The molecule has 1 aromatic heterocycles. The van der Waals surface area contributed by atoms with Crippen LogP contribution in [0.25, 0.3) is 0 Å². The molecule has 0 unspecified atom stereocenters. The summed E-state index contributed by atoms with van der Waals surface area (Å²) in [6, 6.07) is 6.11. The number of ether oxygens (including phenoxy) is 1. The number of amides is 1. The maximum atomic E-state index is 14.8. The first-order valence-corrected chi connectivity index (χ1v) is 9.19. The third-order valence-corrected chi connectivity index (χ3v) is 5.53. The number of benzene rings is 1. The number of hydrogen-bond acceptors (Lipinski definition) is 5. The number of aliphatic imine (C=N–C) groups is 1. The molecule has 6 nitrogen and oxygen atoms in total. The largest absolute Gasteiger partial charge is 0.385 e. The Kier molecular flexibility index (Phi) is 4.97. The molecule has 0 radical (unpaired) electrons. The Bertz CT molecular complexity index is 1020. The number of alkyl halides is 2. The minimum absolute atomic E-state index is 0.0346. The summed E-state index contributed by atoms with van der Waals surface area (Å²) in [5.41, 5.74) is 2.20. The Balaban J connectivity index is 1.69. The summed E-state index contributed by atoms with van der Waals surface area (Å²) in [6.45, 7) is -1.33. The normalized spacial score (nSPS) is 28.0. The average molecular weight is 422 g/mol. The summed E-state index contributed by atoms with van der Waals surface area (Å²) in [5.74, 6) is -3.05. The van der Waals surface area contributed by atoms with Gasteiger partial charge in [-0.05, 0) is 36.8 Å². The lowest BCUT2D eigenvalue weighted by molar-refractivity contribution is 0.102. The molecule has 0 aliphatic carbocycles. The highest BCUT2D eigenvalue weighted by molar-refractivity contribution is 6.02. The van der Waals surface area contributed by atoms with Gasteiger partial charge in [0.05, 0.1) is 19.4 Å². The molecule has 3 atom stereocenters. The van der Waals surface area contributed by atoms with Crippen molar-refractivity contribution in [1.82, 2.24) is 4.98 Å².